The van der Waals surface area contributed by atoms with Crippen LogP contribution in [0, 0.1) is 6.92 Å². The second kappa shape index (κ2) is 9.68. The van der Waals surface area contributed by atoms with Gasteiger partial charge < -0.3 is 19.0 Å². The summed E-state index contributed by atoms with van der Waals surface area (Å²) in [6, 6.07) is 1.84. The summed E-state index contributed by atoms with van der Waals surface area (Å²) in [5.41, 5.74) is 1.97. The minimum Gasteiger partial charge on any atom is -0.456 e. The first-order valence-electron chi connectivity index (χ1n) is 8.59. The van der Waals surface area contributed by atoms with Gasteiger partial charge in [-0.3, -0.25) is 4.79 Å². The van der Waals surface area contributed by atoms with Gasteiger partial charge in [0.2, 0.25) is 0 Å². The van der Waals surface area contributed by atoms with Gasteiger partial charge in [-0.25, -0.2) is 4.98 Å². The van der Waals surface area contributed by atoms with E-state index in [0.29, 0.717) is 12.3 Å². The number of aromatic nitrogens is 2. The number of aliphatic hydroxyl groups is 1. The van der Waals surface area contributed by atoms with E-state index >= 15 is 0 Å². The first-order chi connectivity index (χ1) is 12.1. The molecule has 1 N–H and O–H groups in total. The van der Waals surface area contributed by atoms with E-state index in [9.17, 15) is 9.90 Å². The highest BCUT2D eigenvalue weighted by atomic mass is 32.2. The van der Waals surface area contributed by atoms with Gasteiger partial charge in [0.25, 0.3) is 5.91 Å². The molecule has 0 aromatic carbocycles. The van der Waals surface area contributed by atoms with Gasteiger partial charge in [-0.2, -0.15) is 11.8 Å². The van der Waals surface area contributed by atoms with Gasteiger partial charge in [0, 0.05) is 31.1 Å². The Hall–Kier alpha value is -1.73. The number of aliphatic hydroxyl groups excluding tert-OH is 1. The minimum absolute atomic E-state index is 0.0942. The highest BCUT2D eigenvalue weighted by Crippen LogP contribution is 2.22. The molecule has 138 valence electrons. The van der Waals surface area contributed by atoms with E-state index in [1.807, 2.05) is 36.4 Å². The molecule has 1 amide bonds. The zero-order valence-corrected chi connectivity index (χ0v) is 16.0. The third-order valence-electron chi connectivity index (χ3n) is 4.06. The van der Waals surface area contributed by atoms with Crippen molar-refractivity contribution >= 4 is 17.7 Å². The van der Waals surface area contributed by atoms with Crippen LogP contribution in [0.4, 0.5) is 0 Å². The predicted octanol–water partition coefficient (Wildman–Crippen LogP) is 2.99. The van der Waals surface area contributed by atoms with Crippen molar-refractivity contribution in [2.24, 2.45) is 7.05 Å². The Balaban J connectivity index is 2.06. The largest absolute Gasteiger partial charge is 0.456 e. The van der Waals surface area contributed by atoms with Crippen LogP contribution in [0.15, 0.2) is 23.0 Å². The van der Waals surface area contributed by atoms with Crippen molar-refractivity contribution in [3.63, 3.8) is 0 Å². The fourth-order valence-electron chi connectivity index (χ4n) is 2.46. The van der Waals surface area contributed by atoms with Crippen molar-refractivity contribution in [2.75, 3.05) is 18.9 Å². The molecule has 0 fully saturated rings. The van der Waals surface area contributed by atoms with E-state index in [2.05, 4.69) is 11.9 Å². The van der Waals surface area contributed by atoms with Gasteiger partial charge in [0.1, 0.15) is 5.76 Å². The summed E-state index contributed by atoms with van der Waals surface area (Å²) >= 11 is 1.86. The Morgan fingerprint density at radius 2 is 2.28 bits per heavy atom. The molecule has 0 aliphatic carbocycles. The standard InChI is InChI=1S/C18H27N3O3S/c1-4-5-8-25-12-15-9-17(24-14(15)2)18(23)21(6-7-22)11-16-10-19-13-20(16)3/h9-10,13,22H,4-8,11-12H2,1-3H3. The van der Waals surface area contributed by atoms with E-state index in [-0.39, 0.29) is 19.1 Å². The van der Waals surface area contributed by atoms with Crippen molar-refractivity contribution in [3.05, 3.63) is 41.4 Å². The Morgan fingerprint density at radius 3 is 2.92 bits per heavy atom. The van der Waals surface area contributed by atoms with Crippen LogP contribution in [0.3, 0.4) is 0 Å². The molecule has 0 saturated carbocycles. The molecule has 0 saturated heterocycles. The second-order valence-electron chi connectivity index (χ2n) is 6.04. The third kappa shape index (κ3) is 5.37. The predicted molar refractivity (Wildman–Crippen MR) is 99.5 cm³/mol. The highest BCUT2D eigenvalue weighted by molar-refractivity contribution is 7.98. The summed E-state index contributed by atoms with van der Waals surface area (Å²) in [6.45, 7) is 4.62. The number of aryl methyl sites for hydroxylation is 2. The number of carbonyl (C=O) groups excluding carboxylic acids is 1. The SMILES string of the molecule is CCCCSCc1cc(C(=O)N(CCO)Cc2cncn2C)oc1C. The lowest BCUT2D eigenvalue weighted by Gasteiger charge is -2.20. The molecule has 0 aliphatic heterocycles. The maximum atomic E-state index is 12.8. The molecule has 2 heterocycles. The molecule has 0 atom stereocenters. The summed E-state index contributed by atoms with van der Waals surface area (Å²) < 4.78 is 7.56. The molecule has 7 heteroatoms. The van der Waals surface area contributed by atoms with Gasteiger partial charge in [-0.1, -0.05) is 13.3 Å². The van der Waals surface area contributed by atoms with E-state index in [4.69, 9.17) is 4.42 Å². The number of hydrogen-bond acceptors (Lipinski definition) is 5. The Morgan fingerprint density at radius 1 is 1.48 bits per heavy atom. The van der Waals surface area contributed by atoms with Crippen molar-refractivity contribution < 1.29 is 14.3 Å². The molecule has 2 rings (SSSR count). The summed E-state index contributed by atoms with van der Waals surface area (Å²) in [6.07, 6.45) is 5.80. The first-order valence-corrected chi connectivity index (χ1v) is 9.74. The molecule has 0 radical (unpaired) electrons. The van der Waals surface area contributed by atoms with E-state index < -0.39 is 0 Å². The Labute approximate surface area is 153 Å². The molecule has 2 aromatic heterocycles. The molecule has 6 nitrogen and oxygen atoms in total. The smallest absolute Gasteiger partial charge is 0.290 e. The number of unbranched alkanes of at least 4 members (excludes halogenated alkanes) is 1. The van der Waals surface area contributed by atoms with Crippen LogP contribution in [0.2, 0.25) is 0 Å². The number of amides is 1. The van der Waals surface area contributed by atoms with Crippen molar-refractivity contribution in [1.82, 2.24) is 14.5 Å². The lowest BCUT2D eigenvalue weighted by atomic mass is 10.2. The van der Waals surface area contributed by atoms with Crippen LogP contribution in [0.1, 0.15) is 47.3 Å². The van der Waals surface area contributed by atoms with Gasteiger partial charge >= 0.3 is 0 Å². The molecular formula is C18H27N3O3S. The van der Waals surface area contributed by atoms with Crippen LogP contribution in [-0.2, 0) is 19.3 Å². The van der Waals surface area contributed by atoms with E-state index in [1.54, 1.807) is 17.4 Å². The number of thioether (sulfide) groups is 1. The Bertz CT molecular complexity index is 681. The topological polar surface area (TPSA) is 71.5 Å². The molecule has 0 unspecified atom stereocenters. The number of carbonyl (C=O) groups is 1. The lowest BCUT2D eigenvalue weighted by Crippen LogP contribution is -2.33. The van der Waals surface area contributed by atoms with Gasteiger partial charge in [0.15, 0.2) is 5.76 Å². The maximum Gasteiger partial charge on any atom is 0.290 e. The number of furan rings is 1. The normalized spacial score (nSPS) is 11.0. The van der Waals surface area contributed by atoms with Gasteiger partial charge in [0.05, 0.1) is 25.2 Å². The molecular weight excluding hydrogens is 338 g/mol. The Kier molecular flexibility index (Phi) is 7.58. The average molecular weight is 365 g/mol. The van der Waals surface area contributed by atoms with E-state index in [1.165, 1.54) is 12.8 Å². The highest BCUT2D eigenvalue weighted by Gasteiger charge is 2.21. The first kappa shape index (κ1) is 19.6. The summed E-state index contributed by atoms with van der Waals surface area (Å²) in [4.78, 5) is 18.5. The number of nitrogens with zero attached hydrogens (tertiary/aromatic N) is 3. The average Bonchev–Trinajstić information content (AvgIpc) is 3.16. The monoisotopic (exact) mass is 365 g/mol. The van der Waals surface area contributed by atoms with Crippen LogP contribution in [0.25, 0.3) is 0 Å². The molecule has 0 spiro atoms. The molecule has 2 aromatic rings. The zero-order chi connectivity index (χ0) is 18.2. The number of imidazole rings is 1. The second-order valence-corrected chi connectivity index (χ2v) is 7.15. The third-order valence-corrected chi connectivity index (χ3v) is 5.15. The maximum absolute atomic E-state index is 12.8. The summed E-state index contributed by atoms with van der Waals surface area (Å²) in [5.74, 6) is 2.88. The zero-order valence-electron chi connectivity index (χ0n) is 15.2. The van der Waals surface area contributed by atoms with Crippen LogP contribution < -0.4 is 0 Å². The molecule has 0 aliphatic rings. The summed E-state index contributed by atoms with van der Waals surface area (Å²) in [7, 11) is 1.88. The molecule has 0 bridgehead atoms. The van der Waals surface area contributed by atoms with Crippen molar-refractivity contribution in [1.29, 1.82) is 0 Å². The van der Waals surface area contributed by atoms with Crippen LogP contribution >= 0.6 is 11.8 Å². The van der Waals surface area contributed by atoms with Gasteiger partial charge in [-0.15, -0.1) is 0 Å². The molecule has 25 heavy (non-hydrogen) atoms. The number of rotatable bonds is 10. The lowest BCUT2D eigenvalue weighted by molar-refractivity contribution is 0.0671. The fourth-order valence-corrected chi connectivity index (χ4v) is 3.60. The minimum atomic E-state index is -0.205. The summed E-state index contributed by atoms with van der Waals surface area (Å²) in [5, 5.41) is 9.31. The van der Waals surface area contributed by atoms with Crippen LogP contribution in [0.5, 0.6) is 0 Å². The van der Waals surface area contributed by atoms with Crippen molar-refractivity contribution in [2.45, 2.75) is 39.0 Å². The van der Waals surface area contributed by atoms with Crippen LogP contribution in [-0.4, -0.2) is 44.4 Å². The number of hydrogen-bond donors (Lipinski definition) is 1. The van der Waals surface area contributed by atoms with Gasteiger partial charge in [-0.05, 0) is 25.2 Å². The van der Waals surface area contributed by atoms with E-state index in [0.717, 1.165) is 28.5 Å². The van der Waals surface area contributed by atoms with Crippen molar-refractivity contribution in [3.8, 4) is 0 Å². The fraction of sp³-hybridized carbons (Fsp3) is 0.556. The quantitative estimate of drug-likeness (QED) is 0.656.